The molecule has 0 saturated heterocycles. The summed E-state index contributed by atoms with van der Waals surface area (Å²) in [5.74, 6) is 0.933. The third-order valence-corrected chi connectivity index (χ3v) is 13.4. The molecule has 0 unspecified atom stereocenters. The summed E-state index contributed by atoms with van der Waals surface area (Å²) in [6.45, 7) is 0. The highest BCUT2D eigenvalue weighted by molar-refractivity contribution is 6.22. The Labute approximate surface area is 378 Å². The van der Waals surface area contributed by atoms with Gasteiger partial charge in [-0.1, -0.05) is 206 Å². The number of nitrogens with zero attached hydrogens (tertiary/aromatic N) is 2. The van der Waals surface area contributed by atoms with Crippen molar-refractivity contribution >= 4 is 32.6 Å². The van der Waals surface area contributed by atoms with Gasteiger partial charge in [-0.3, -0.25) is 4.57 Å². The van der Waals surface area contributed by atoms with Gasteiger partial charge in [0, 0.05) is 11.3 Å². The van der Waals surface area contributed by atoms with E-state index in [4.69, 9.17) is 4.98 Å². The largest absolute Gasteiger partial charge is 0.292 e. The Morgan fingerprint density at radius 3 is 1.32 bits per heavy atom. The van der Waals surface area contributed by atoms with Gasteiger partial charge < -0.3 is 0 Å². The van der Waals surface area contributed by atoms with Crippen LogP contribution in [-0.4, -0.2) is 9.55 Å². The Bertz CT molecular complexity index is 3800. The second kappa shape index (κ2) is 15.0. The van der Waals surface area contributed by atoms with E-state index < -0.39 is 0 Å². The zero-order chi connectivity index (χ0) is 42.8. The van der Waals surface area contributed by atoms with Crippen molar-refractivity contribution in [2.24, 2.45) is 0 Å². The fourth-order valence-electron chi connectivity index (χ4n) is 10.5. The number of benzene rings is 11. The molecule has 1 aliphatic carbocycles. The van der Waals surface area contributed by atoms with Gasteiger partial charge in [-0.2, -0.15) is 0 Å². The van der Waals surface area contributed by atoms with E-state index in [0.29, 0.717) is 0 Å². The van der Waals surface area contributed by atoms with Crippen molar-refractivity contribution in [1.82, 2.24) is 9.55 Å². The van der Waals surface area contributed by atoms with Gasteiger partial charge in [-0.15, -0.1) is 0 Å². The van der Waals surface area contributed by atoms with Crippen LogP contribution in [0.2, 0.25) is 0 Å². The summed E-state index contributed by atoms with van der Waals surface area (Å²) < 4.78 is 2.28. The highest BCUT2D eigenvalue weighted by Crippen LogP contribution is 2.50. The summed E-state index contributed by atoms with van der Waals surface area (Å²) in [5.41, 5.74) is 21.4. The van der Waals surface area contributed by atoms with E-state index in [9.17, 15) is 0 Å². The molecule has 0 saturated carbocycles. The minimum absolute atomic E-state index is 0.933. The molecule has 302 valence electrons. The van der Waals surface area contributed by atoms with Crippen molar-refractivity contribution in [2.75, 3.05) is 0 Å². The number of hydrogen-bond acceptors (Lipinski definition) is 1. The first kappa shape index (κ1) is 37.0. The van der Waals surface area contributed by atoms with E-state index in [0.717, 1.165) is 33.7 Å². The highest BCUT2D eigenvalue weighted by atomic mass is 15.1. The summed E-state index contributed by atoms with van der Waals surface area (Å²) in [6, 6.07) is 88.7. The molecule has 11 aromatic carbocycles. The van der Waals surface area contributed by atoms with Crippen molar-refractivity contribution in [3.05, 3.63) is 243 Å². The molecule has 0 fully saturated rings. The van der Waals surface area contributed by atoms with Gasteiger partial charge in [0.15, 0.2) is 0 Å². The van der Waals surface area contributed by atoms with Crippen LogP contribution in [0.15, 0.2) is 243 Å². The summed E-state index contributed by atoms with van der Waals surface area (Å²) in [7, 11) is 0. The first-order valence-electron chi connectivity index (χ1n) is 22.4. The second-order valence-corrected chi connectivity index (χ2v) is 17.0. The third kappa shape index (κ3) is 5.99. The van der Waals surface area contributed by atoms with Gasteiger partial charge in [-0.05, 0) is 136 Å². The molecule has 0 N–H and O–H groups in total. The van der Waals surface area contributed by atoms with Crippen molar-refractivity contribution in [3.63, 3.8) is 0 Å². The van der Waals surface area contributed by atoms with Gasteiger partial charge in [0.25, 0.3) is 0 Å². The number of fused-ring (bicyclic) bond motifs is 11. The predicted molar refractivity (Wildman–Crippen MR) is 273 cm³/mol. The molecule has 2 nitrogen and oxygen atoms in total. The molecule has 12 aromatic rings. The number of hydrogen-bond donors (Lipinski definition) is 0. The first-order valence-corrected chi connectivity index (χ1v) is 22.4. The van der Waals surface area contributed by atoms with Crippen molar-refractivity contribution in [3.8, 4) is 95.0 Å². The maximum absolute atomic E-state index is 5.10. The summed E-state index contributed by atoms with van der Waals surface area (Å²) in [4.78, 5) is 5.10. The molecule has 2 heteroatoms. The average Bonchev–Trinajstić information content (AvgIpc) is 3.78. The molecule has 65 heavy (non-hydrogen) atoms. The smallest absolute Gasteiger partial charge is 0.145 e. The van der Waals surface area contributed by atoms with Crippen LogP contribution >= 0.6 is 0 Å². The van der Waals surface area contributed by atoms with Crippen LogP contribution in [0, 0.1) is 0 Å². The first-order chi connectivity index (χ1) is 32.3. The maximum atomic E-state index is 5.10. The molecule has 0 atom stereocenters. The van der Waals surface area contributed by atoms with Crippen LogP contribution in [0.3, 0.4) is 0 Å². The molecular formula is C63H40N2. The normalized spacial score (nSPS) is 11.7. The van der Waals surface area contributed by atoms with E-state index in [1.807, 2.05) is 0 Å². The number of imidazole rings is 1. The standard InChI is InChI=1S/C63H40N2/c1-3-17-42(18-4-1)61-54-27-13-14-28-55(54)62(45-34-37-53-51-25-10-9-23-49(51)47-21-7-8-22-48(47)50-24-11-12-26-52(50)57(53)40-45)56-38-33-44(39-58(56)61)41-31-35-46(36-32-41)65-60-30-16-15-29-59(60)64-63(65)43-19-5-2-6-20-43/h1-40H. The van der Waals surface area contributed by atoms with E-state index in [-0.39, 0.29) is 0 Å². The van der Waals surface area contributed by atoms with Crippen LogP contribution in [-0.2, 0) is 0 Å². The van der Waals surface area contributed by atoms with Gasteiger partial charge in [0.05, 0.1) is 11.0 Å². The molecule has 1 aliphatic rings. The van der Waals surface area contributed by atoms with Crippen LogP contribution < -0.4 is 0 Å². The van der Waals surface area contributed by atoms with E-state index in [2.05, 4.69) is 247 Å². The minimum atomic E-state index is 0.933. The Balaban J connectivity index is 1.02. The minimum Gasteiger partial charge on any atom is -0.292 e. The molecule has 1 heterocycles. The van der Waals surface area contributed by atoms with Gasteiger partial charge in [0.1, 0.15) is 5.82 Å². The van der Waals surface area contributed by atoms with Crippen LogP contribution in [0.4, 0.5) is 0 Å². The molecule has 0 aliphatic heterocycles. The quantitative estimate of drug-likeness (QED) is 0.158. The van der Waals surface area contributed by atoms with E-state index in [1.165, 1.54) is 93.9 Å². The number of para-hydroxylation sites is 2. The highest BCUT2D eigenvalue weighted by Gasteiger charge is 2.24. The Hall–Kier alpha value is -8.59. The van der Waals surface area contributed by atoms with Gasteiger partial charge in [0.2, 0.25) is 0 Å². The molecule has 0 bridgehead atoms. The lowest BCUT2D eigenvalue weighted by Crippen LogP contribution is -1.98. The summed E-state index contributed by atoms with van der Waals surface area (Å²) in [6.07, 6.45) is 0. The van der Waals surface area contributed by atoms with Crippen LogP contribution in [0.1, 0.15) is 0 Å². The monoisotopic (exact) mass is 824 g/mol. The fraction of sp³-hybridized carbons (Fsp3) is 0. The Morgan fingerprint density at radius 1 is 0.262 bits per heavy atom. The molecular weight excluding hydrogens is 785 g/mol. The van der Waals surface area contributed by atoms with Gasteiger partial charge >= 0.3 is 0 Å². The number of rotatable bonds is 5. The Kier molecular flexibility index (Phi) is 8.57. The lowest BCUT2D eigenvalue weighted by atomic mass is 9.79. The topological polar surface area (TPSA) is 17.8 Å². The summed E-state index contributed by atoms with van der Waals surface area (Å²) >= 11 is 0. The van der Waals surface area contributed by atoms with E-state index >= 15 is 0 Å². The Morgan fingerprint density at radius 2 is 0.708 bits per heavy atom. The molecule has 0 amide bonds. The van der Waals surface area contributed by atoms with Crippen molar-refractivity contribution < 1.29 is 0 Å². The molecule has 0 spiro atoms. The summed E-state index contributed by atoms with van der Waals surface area (Å²) in [5, 5.41) is 4.93. The van der Waals surface area contributed by atoms with E-state index in [1.54, 1.807) is 0 Å². The van der Waals surface area contributed by atoms with Crippen molar-refractivity contribution in [1.29, 1.82) is 0 Å². The zero-order valence-corrected chi connectivity index (χ0v) is 35.5. The lowest BCUT2D eigenvalue weighted by molar-refractivity contribution is 1.10. The van der Waals surface area contributed by atoms with Gasteiger partial charge in [-0.25, -0.2) is 4.98 Å². The fourth-order valence-corrected chi connectivity index (χ4v) is 10.5. The van der Waals surface area contributed by atoms with Crippen LogP contribution in [0.25, 0.3) is 128 Å². The predicted octanol–water partition coefficient (Wildman–Crippen LogP) is 17.0. The number of aromatic nitrogens is 2. The second-order valence-electron chi connectivity index (χ2n) is 17.0. The van der Waals surface area contributed by atoms with Crippen LogP contribution in [0.5, 0.6) is 0 Å². The van der Waals surface area contributed by atoms with Crippen molar-refractivity contribution in [2.45, 2.75) is 0 Å². The molecule has 13 rings (SSSR count). The SMILES string of the molecule is c1ccc(-c2c3ccccc3c(-c3ccc4c(c3)-c3ccccc3-c3ccccc3-c3ccccc3-4)c3ccc(-c4ccc(-n5c(-c6ccccc6)nc6ccccc65)cc4)cc23)cc1. The maximum Gasteiger partial charge on any atom is 0.145 e. The lowest BCUT2D eigenvalue weighted by Gasteiger charge is -2.24. The zero-order valence-electron chi connectivity index (χ0n) is 35.5. The molecule has 0 radical (unpaired) electrons. The molecule has 1 aromatic heterocycles. The third-order valence-electron chi connectivity index (χ3n) is 13.4. The average molecular weight is 825 g/mol.